The molecule has 1 saturated heterocycles. The minimum absolute atomic E-state index is 0.0448. The summed E-state index contributed by atoms with van der Waals surface area (Å²) in [6, 6.07) is 0. The van der Waals surface area contributed by atoms with Gasteiger partial charge in [-0.1, -0.05) is 26.8 Å². The maximum absolute atomic E-state index is 13.0. The number of carboxylic acids is 1. The van der Waals surface area contributed by atoms with Crippen LogP contribution in [0.1, 0.15) is 46.5 Å². The van der Waals surface area contributed by atoms with Gasteiger partial charge in [0.15, 0.2) is 6.10 Å². The SMILES string of the molecule is CC1CCC2C(C(=O)OC3OC(C(=O)O)C(O)C(O)C3O)=CC3CC(C)(C)CC132. The zero-order valence-corrected chi connectivity index (χ0v) is 16.9. The molecule has 29 heavy (non-hydrogen) atoms. The van der Waals surface area contributed by atoms with E-state index in [0.29, 0.717) is 17.4 Å². The molecular formula is C21H30O8. The van der Waals surface area contributed by atoms with E-state index in [1.807, 2.05) is 6.08 Å². The Morgan fingerprint density at radius 3 is 2.48 bits per heavy atom. The summed E-state index contributed by atoms with van der Waals surface area (Å²) in [6.45, 7) is 6.78. The quantitative estimate of drug-likeness (QED) is 0.503. The van der Waals surface area contributed by atoms with Gasteiger partial charge in [0.05, 0.1) is 0 Å². The molecule has 9 unspecified atom stereocenters. The van der Waals surface area contributed by atoms with E-state index in [-0.39, 0.29) is 16.7 Å². The van der Waals surface area contributed by atoms with E-state index in [4.69, 9.17) is 14.6 Å². The molecule has 4 rings (SSSR count). The molecule has 0 radical (unpaired) electrons. The second-order valence-corrected chi connectivity index (χ2v) is 10.1. The van der Waals surface area contributed by atoms with Gasteiger partial charge in [0.1, 0.15) is 18.3 Å². The average Bonchev–Trinajstić information content (AvgIpc) is 3.19. The van der Waals surface area contributed by atoms with Crippen molar-refractivity contribution in [1.29, 1.82) is 0 Å². The average molecular weight is 410 g/mol. The third-order valence-electron chi connectivity index (χ3n) is 7.73. The summed E-state index contributed by atoms with van der Waals surface area (Å²) in [7, 11) is 0. The molecule has 162 valence electrons. The van der Waals surface area contributed by atoms with Gasteiger partial charge in [-0.15, -0.1) is 0 Å². The molecular weight excluding hydrogens is 380 g/mol. The predicted octanol–water partition coefficient (Wildman–Crippen LogP) is 0.830. The van der Waals surface area contributed by atoms with Crippen LogP contribution >= 0.6 is 0 Å². The van der Waals surface area contributed by atoms with Crippen molar-refractivity contribution in [3.05, 3.63) is 11.6 Å². The van der Waals surface area contributed by atoms with Gasteiger partial charge in [-0.2, -0.15) is 0 Å². The normalized spacial score (nSPS) is 48.0. The first-order chi connectivity index (χ1) is 13.5. The molecule has 0 aromatic rings. The van der Waals surface area contributed by atoms with Gasteiger partial charge in [0.2, 0.25) is 6.29 Å². The van der Waals surface area contributed by atoms with Crippen LogP contribution < -0.4 is 0 Å². The highest BCUT2D eigenvalue weighted by Crippen LogP contribution is 2.70. The van der Waals surface area contributed by atoms with Crippen molar-refractivity contribution in [2.45, 2.75) is 77.2 Å². The van der Waals surface area contributed by atoms with Crippen molar-refractivity contribution < 1.29 is 39.5 Å². The topological polar surface area (TPSA) is 134 Å². The fourth-order valence-corrected chi connectivity index (χ4v) is 6.56. The first kappa shape index (κ1) is 20.8. The second-order valence-electron chi connectivity index (χ2n) is 10.1. The van der Waals surface area contributed by atoms with E-state index in [9.17, 15) is 24.9 Å². The van der Waals surface area contributed by atoms with Crippen LogP contribution in [0.2, 0.25) is 0 Å². The summed E-state index contributed by atoms with van der Waals surface area (Å²) >= 11 is 0. The molecule has 1 heterocycles. The van der Waals surface area contributed by atoms with Gasteiger partial charge in [0, 0.05) is 5.57 Å². The Bertz CT molecular complexity index is 745. The number of aliphatic hydroxyl groups is 3. The smallest absolute Gasteiger partial charge is 0.336 e. The van der Waals surface area contributed by atoms with Gasteiger partial charge in [-0.25, -0.2) is 9.59 Å². The van der Waals surface area contributed by atoms with Crippen molar-refractivity contribution in [1.82, 2.24) is 0 Å². The third kappa shape index (κ3) is 3.03. The third-order valence-corrected chi connectivity index (χ3v) is 7.73. The fraction of sp³-hybridized carbons (Fsp3) is 0.810. The summed E-state index contributed by atoms with van der Waals surface area (Å²) in [4.78, 5) is 24.2. The monoisotopic (exact) mass is 410 g/mol. The van der Waals surface area contributed by atoms with E-state index in [1.165, 1.54) is 0 Å². The Labute approximate surface area is 169 Å². The highest BCUT2D eigenvalue weighted by atomic mass is 16.7. The molecule has 8 heteroatoms. The number of carboxylic acid groups (broad SMARTS) is 1. The van der Waals surface area contributed by atoms with Crippen LogP contribution in [0.15, 0.2) is 11.6 Å². The van der Waals surface area contributed by atoms with Gasteiger partial charge in [-0.05, 0) is 54.3 Å². The van der Waals surface area contributed by atoms with Crippen molar-refractivity contribution in [2.24, 2.45) is 28.6 Å². The Kier molecular flexibility index (Phi) is 4.85. The van der Waals surface area contributed by atoms with Crippen LogP contribution in [0, 0.1) is 28.6 Å². The van der Waals surface area contributed by atoms with Crippen molar-refractivity contribution >= 4 is 11.9 Å². The van der Waals surface area contributed by atoms with Gasteiger partial charge in [-0.3, -0.25) is 0 Å². The number of ether oxygens (including phenoxy) is 2. The maximum atomic E-state index is 13.0. The van der Waals surface area contributed by atoms with E-state index in [1.54, 1.807) is 0 Å². The molecule has 2 saturated carbocycles. The largest absolute Gasteiger partial charge is 0.479 e. The molecule has 4 aliphatic rings. The molecule has 1 spiro atoms. The standard InChI is InChI=1S/C21H30O8/c1-9-4-5-12-11(6-10-7-20(2,3)8-21(9,10)12)18(27)29-19-15(24)13(22)14(23)16(28-19)17(25)26/h6,9-10,12-16,19,22-24H,4-5,7-8H2,1-3H3,(H,25,26). The Hall–Kier alpha value is -1.48. The number of hydrogen-bond acceptors (Lipinski definition) is 7. The van der Waals surface area contributed by atoms with E-state index < -0.39 is 42.6 Å². The summed E-state index contributed by atoms with van der Waals surface area (Å²) < 4.78 is 10.4. The van der Waals surface area contributed by atoms with Crippen molar-refractivity contribution in [2.75, 3.05) is 0 Å². The lowest BCUT2D eigenvalue weighted by atomic mass is 9.67. The molecule has 4 N–H and O–H groups in total. The number of hydrogen-bond donors (Lipinski definition) is 4. The maximum Gasteiger partial charge on any atom is 0.336 e. The molecule has 3 aliphatic carbocycles. The van der Waals surface area contributed by atoms with Crippen LogP contribution in [0.4, 0.5) is 0 Å². The lowest BCUT2D eigenvalue weighted by molar-refractivity contribution is -0.285. The molecule has 1 aliphatic heterocycles. The minimum Gasteiger partial charge on any atom is -0.479 e. The summed E-state index contributed by atoms with van der Waals surface area (Å²) in [5, 5.41) is 39.0. The molecule has 0 bridgehead atoms. The molecule has 3 fully saturated rings. The zero-order chi connectivity index (χ0) is 21.3. The van der Waals surface area contributed by atoms with Crippen molar-refractivity contribution in [3.8, 4) is 0 Å². The molecule has 0 amide bonds. The lowest BCUT2D eigenvalue weighted by Gasteiger charge is -2.39. The Balaban J connectivity index is 1.54. The van der Waals surface area contributed by atoms with E-state index in [2.05, 4.69) is 20.8 Å². The number of aliphatic hydroxyl groups excluding tert-OH is 3. The number of carbonyl (C=O) groups excluding carboxylic acids is 1. The van der Waals surface area contributed by atoms with Gasteiger partial charge < -0.3 is 29.9 Å². The van der Waals surface area contributed by atoms with Crippen LogP contribution in [0.25, 0.3) is 0 Å². The Morgan fingerprint density at radius 1 is 1.14 bits per heavy atom. The summed E-state index contributed by atoms with van der Waals surface area (Å²) in [5.41, 5.74) is 0.826. The summed E-state index contributed by atoms with van der Waals surface area (Å²) in [5.74, 6) is -1.30. The number of rotatable bonds is 3. The number of aliphatic carboxylic acids is 1. The van der Waals surface area contributed by atoms with Crippen LogP contribution in [-0.2, 0) is 19.1 Å². The number of allylic oxidation sites excluding steroid dienone is 1. The molecule has 0 aromatic carbocycles. The molecule has 0 aromatic heterocycles. The molecule has 9 atom stereocenters. The van der Waals surface area contributed by atoms with Crippen LogP contribution in [0.3, 0.4) is 0 Å². The first-order valence-electron chi connectivity index (χ1n) is 10.3. The highest BCUT2D eigenvalue weighted by molar-refractivity contribution is 5.90. The molecule has 8 nitrogen and oxygen atoms in total. The van der Waals surface area contributed by atoms with Crippen LogP contribution in [0.5, 0.6) is 0 Å². The summed E-state index contributed by atoms with van der Waals surface area (Å²) in [6.07, 6.45) is -2.82. The fourth-order valence-electron chi connectivity index (χ4n) is 6.56. The zero-order valence-electron chi connectivity index (χ0n) is 16.9. The number of carbonyl (C=O) groups is 2. The Morgan fingerprint density at radius 2 is 1.83 bits per heavy atom. The van der Waals surface area contributed by atoms with E-state index >= 15 is 0 Å². The highest BCUT2D eigenvalue weighted by Gasteiger charge is 2.64. The van der Waals surface area contributed by atoms with Gasteiger partial charge in [0.25, 0.3) is 0 Å². The minimum atomic E-state index is -1.82. The second kappa shape index (κ2) is 6.77. The van der Waals surface area contributed by atoms with E-state index in [0.717, 1.165) is 25.7 Å². The van der Waals surface area contributed by atoms with Gasteiger partial charge >= 0.3 is 11.9 Å². The lowest BCUT2D eigenvalue weighted by Crippen LogP contribution is -2.60. The van der Waals surface area contributed by atoms with Crippen LogP contribution in [-0.4, -0.2) is 63.1 Å². The predicted molar refractivity (Wildman–Crippen MR) is 99.3 cm³/mol. The van der Waals surface area contributed by atoms with Crippen molar-refractivity contribution in [3.63, 3.8) is 0 Å². The first-order valence-corrected chi connectivity index (χ1v) is 10.3. The number of esters is 1.